The molecule has 8 heteroatoms. The number of amides is 1. The van der Waals surface area contributed by atoms with Gasteiger partial charge >= 0.3 is 0 Å². The number of para-hydroxylation sites is 1. The Labute approximate surface area is 175 Å². The van der Waals surface area contributed by atoms with Crippen molar-refractivity contribution in [2.24, 2.45) is 4.99 Å². The van der Waals surface area contributed by atoms with Crippen molar-refractivity contribution in [2.75, 3.05) is 24.7 Å². The predicted octanol–water partition coefficient (Wildman–Crippen LogP) is 2.49. The van der Waals surface area contributed by atoms with Crippen molar-refractivity contribution in [3.8, 4) is 0 Å². The number of halogens is 1. The molecule has 1 amide bonds. The first kappa shape index (κ1) is 22.9. The summed E-state index contributed by atoms with van der Waals surface area (Å²) < 4.78 is 12.0. The number of benzene rings is 1. The van der Waals surface area contributed by atoms with Gasteiger partial charge in [0.05, 0.1) is 6.54 Å². The van der Waals surface area contributed by atoms with Gasteiger partial charge in [0.2, 0.25) is 5.91 Å². The lowest BCUT2D eigenvalue weighted by molar-refractivity contribution is -0.115. The first-order chi connectivity index (χ1) is 12.1. The molecule has 1 fully saturated rings. The van der Waals surface area contributed by atoms with Crippen LogP contribution in [0.25, 0.3) is 0 Å². The highest BCUT2D eigenvalue weighted by atomic mass is 127. The summed E-state index contributed by atoms with van der Waals surface area (Å²) in [6.07, 6.45) is 4.02. The highest BCUT2D eigenvalue weighted by molar-refractivity contribution is 14.0. The summed E-state index contributed by atoms with van der Waals surface area (Å²) in [5.41, 5.74) is 0.773. The Bertz CT molecular complexity index is 612. The second kappa shape index (κ2) is 12.3. The maximum absolute atomic E-state index is 12.0. The zero-order valence-corrected chi connectivity index (χ0v) is 18.5. The van der Waals surface area contributed by atoms with Crippen molar-refractivity contribution in [1.29, 1.82) is 0 Å². The van der Waals surface area contributed by atoms with E-state index in [9.17, 15) is 9.00 Å². The molecule has 2 rings (SSSR count). The molecule has 1 saturated carbocycles. The minimum absolute atomic E-state index is 0. The molecule has 3 atom stereocenters. The van der Waals surface area contributed by atoms with Crippen LogP contribution in [-0.4, -0.2) is 46.7 Å². The van der Waals surface area contributed by atoms with Crippen LogP contribution in [0.15, 0.2) is 35.3 Å². The SMILES string of the molecule is CCS(=O)C1CCCC(NC(=NC)NCC(=O)Nc2ccccc2)C1.I. The first-order valence-electron chi connectivity index (χ1n) is 8.81. The van der Waals surface area contributed by atoms with E-state index >= 15 is 0 Å². The van der Waals surface area contributed by atoms with Crippen molar-refractivity contribution < 1.29 is 9.00 Å². The number of guanidine groups is 1. The summed E-state index contributed by atoms with van der Waals surface area (Å²) in [4.78, 5) is 16.2. The molecule has 6 nitrogen and oxygen atoms in total. The van der Waals surface area contributed by atoms with Crippen LogP contribution < -0.4 is 16.0 Å². The number of nitrogens with one attached hydrogen (secondary N) is 3. The van der Waals surface area contributed by atoms with Crippen molar-refractivity contribution in [3.63, 3.8) is 0 Å². The van der Waals surface area contributed by atoms with Crippen LogP contribution in [0.5, 0.6) is 0 Å². The fraction of sp³-hybridized carbons (Fsp3) is 0.556. The van der Waals surface area contributed by atoms with Gasteiger partial charge in [-0.15, -0.1) is 24.0 Å². The highest BCUT2D eigenvalue weighted by Crippen LogP contribution is 2.22. The van der Waals surface area contributed by atoms with Crippen LogP contribution >= 0.6 is 24.0 Å². The van der Waals surface area contributed by atoms with Gasteiger partial charge in [-0.05, 0) is 31.4 Å². The van der Waals surface area contributed by atoms with Gasteiger partial charge in [0, 0.05) is 40.6 Å². The molecule has 1 aliphatic carbocycles. The van der Waals surface area contributed by atoms with Gasteiger partial charge in [-0.2, -0.15) is 0 Å². The third kappa shape index (κ3) is 7.61. The predicted molar refractivity (Wildman–Crippen MR) is 120 cm³/mol. The molecule has 3 N–H and O–H groups in total. The number of aliphatic imine (C=N–C) groups is 1. The van der Waals surface area contributed by atoms with E-state index in [2.05, 4.69) is 20.9 Å². The first-order valence-corrected chi connectivity index (χ1v) is 10.2. The number of carbonyl (C=O) groups excluding carboxylic acids is 1. The normalized spacial score (nSPS) is 21.2. The maximum Gasteiger partial charge on any atom is 0.243 e. The van der Waals surface area contributed by atoms with Crippen molar-refractivity contribution >= 4 is 52.3 Å². The lowest BCUT2D eigenvalue weighted by Crippen LogP contribution is -2.48. The molecule has 1 aromatic carbocycles. The molecule has 0 radical (unpaired) electrons. The number of carbonyl (C=O) groups is 1. The van der Waals surface area contributed by atoms with Crippen LogP contribution in [0.2, 0.25) is 0 Å². The largest absolute Gasteiger partial charge is 0.354 e. The van der Waals surface area contributed by atoms with E-state index in [1.54, 1.807) is 7.05 Å². The second-order valence-electron chi connectivity index (χ2n) is 6.14. The average molecular weight is 492 g/mol. The van der Waals surface area contributed by atoms with E-state index in [0.717, 1.165) is 31.4 Å². The van der Waals surface area contributed by atoms with Crippen LogP contribution in [-0.2, 0) is 15.6 Å². The van der Waals surface area contributed by atoms with E-state index in [-0.39, 0.29) is 47.7 Å². The van der Waals surface area contributed by atoms with Crippen LogP contribution in [0, 0.1) is 0 Å². The number of rotatable bonds is 6. The Morgan fingerprint density at radius 3 is 2.65 bits per heavy atom. The summed E-state index contributed by atoms with van der Waals surface area (Å²) in [7, 11) is 0.940. The molecule has 146 valence electrons. The zero-order valence-electron chi connectivity index (χ0n) is 15.4. The monoisotopic (exact) mass is 492 g/mol. The molecule has 1 aliphatic rings. The summed E-state index contributed by atoms with van der Waals surface area (Å²) in [6.45, 7) is 2.12. The number of nitrogens with zero attached hydrogens (tertiary/aromatic N) is 1. The summed E-state index contributed by atoms with van der Waals surface area (Å²) in [5.74, 6) is 1.20. The summed E-state index contributed by atoms with van der Waals surface area (Å²) in [5, 5.41) is 9.49. The fourth-order valence-corrected chi connectivity index (χ4v) is 4.38. The molecule has 0 aliphatic heterocycles. The third-order valence-electron chi connectivity index (χ3n) is 4.32. The van der Waals surface area contributed by atoms with E-state index in [1.807, 2.05) is 37.3 Å². The third-order valence-corrected chi connectivity index (χ3v) is 6.06. The van der Waals surface area contributed by atoms with E-state index in [1.165, 1.54) is 0 Å². The number of hydrogen-bond donors (Lipinski definition) is 3. The molecule has 3 unspecified atom stereocenters. The van der Waals surface area contributed by atoms with Crippen LogP contribution in [0.3, 0.4) is 0 Å². The summed E-state index contributed by atoms with van der Waals surface area (Å²) in [6, 6.07) is 9.61. The number of hydrogen-bond acceptors (Lipinski definition) is 3. The smallest absolute Gasteiger partial charge is 0.243 e. The van der Waals surface area contributed by atoms with Gasteiger partial charge in [0.15, 0.2) is 5.96 Å². The molecule has 1 aromatic rings. The minimum atomic E-state index is -0.749. The highest BCUT2D eigenvalue weighted by Gasteiger charge is 2.26. The quantitative estimate of drug-likeness (QED) is 0.324. The van der Waals surface area contributed by atoms with Gasteiger partial charge in [-0.3, -0.25) is 14.0 Å². The van der Waals surface area contributed by atoms with E-state index in [4.69, 9.17) is 0 Å². The number of anilines is 1. The Morgan fingerprint density at radius 2 is 2.00 bits per heavy atom. The Balaban J connectivity index is 0.00000338. The fourth-order valence-electron chi connectivity index (χ4n) is 3.03. The van der Waals surface area contributed by atoms with Gasteiger partial charge in [-0.25, -0.2) is 0 Å². The Morgan fingerprint density at radius 1 is 1.27 bits per heavy atom. The standard InChI is InChI=1S/C18H28N4O2S.HI/c1-3-25(24)16-11-7-10-15(12-16)22-18(19-2)20-13-17(23)21-14-8-5-4-6-9-14;/h4-6,8-9,15-16H,3,7,10-13H2,1-2H3,(H,21,23)(H2,19,20,22);1H. The minimum Gasteiger partial charge on any atom is -0.354 e. The zero-order chi connectivity index (χ0) is 18.1. The lowest BCUT2D eigenvalue weighted by Gasteiger charge is -2.30. The van der Waals surface area contributed by atoms with Gasteiger partial charge in [0.1, 0.15) is 0 Å². The molecular formula is C18H29IN4O2S. The second-order valence-corrected chi connectivity index (χ2v) is 8.14. The summed E-state index contributed by atoms with van der Waals surface area (Å²) >= 11 is 0. The average Bonchev–Trinajstić information content (AvgIpc) is 2.65. The molecular weight excluding hydrogens is 463 g/mol. The Hall–Kier alpha value is -1.16. The molecule has 0 bridgehead atoms. The topological polar surface area (TPSA) is 82.6 Å². The van der Waals surface area contributed by atoms with Crippen LogP contribution in [0.1, 0.15) is 32.6 Å². The maximum atomic E-state index is 12.0. The van der Waals surface area contributed by atoms with Crippen molar-refractivity contribution in [2.45, 2.75) is 43.9 Å². The molecule has 0 aromatic heterocycles. The molecule has 0 saturated heterocycles. The van der Waals surface area contributed by atoms with Crippen molar-refractivity contribution in [1.82, 2.24) is 10.6 Å². The van der Waals surface area contributed by atoms with E-state index < -0.39 is 10.8 Å². The molecule has 0 spiro atoms. The van der Waals surface area contributed by atoms with Gasteiger partial charge in [0.25, 0.3) is 0 Å². The molecule has 0 heterocycles. The van der Waals surface area contributed by atoms with Crippen LogP contribution in [0.4, 0.5) is 5.69 Å². The van der Waals surface area contributed by atoms with Gasteiger partial charge < -0.3 is 16.0 Å². The van der Waals surface area contributed by atoms with Crippen molar-refractivity contribution in [3.05, 3.63) is 30.3 Å². The molecule has 26 heavy (non-hydrogen) atoms. The van der Waals surface area contributed by atoms with Gasteiger partial charge in [-0.1, -0.05) is 31.5 Å². The Kier molecular flexibility index (Phi) is 10.8. The van der Waals surface area contributed by atoms with E-state index in [0.29, 0.717) is 11.7 Å². The lowest BCUT2D eigenvalue weighted by atomic mass is 9.95.